The van der Waals surface area contributed by atoms with Gasteiger partial charge in [0.2, 0.25) is 11.8 Å². The molecule has 2 aliphatic rings. The lowest BCUT2D eigenvalue weighted by molar-refractivity contribution is -0.135. The van der Waals surface area contributed by atoms with Crippen molar-refractivity contribution in [1.82, 2.24) is 14.7 Å². The summed E-state index contributed by atoms with van der Waals surface area (Å²) < 4.78 is 0. The zero-order valence-electron chi connectivity index (χ0n) is 15.8. The average Bonchev–Trinajstić information content (AvgIpc) is 2.63. The van der Waals surface area contributed by atoms with E-state index in [1.54, 1.807) is 4.90 Å². The number of nitrogens with zero attached hydrogens (tertiary/aromatic N) is 4. The summed E-state index contributed by atoms with van der Waals surface area (Å²) in [7, 11) is 4.18. The molecule has 7 nitrogen and oxygen atoms in total. The van der Waals surface area contributed by atoms with Crippen LogP contribution in [0.5, 0.6) is 0 Å². The van der Waals surface area contributed by atoms with Crippen molar-refractivity contribution in [2.45, 2.75) is 6.42 Å². The molecule has 1 aromatic carbocycles. The van der Waals surface area contributed by atoms with Crippen molar-refractivity contribution in [3.63, 3.8) is 0 Å². The van der Waals surface area contributed by atoms with Gasteiger partial charge in [-0.05, 0) is 38.4 Å². The van der Waals surface area contributed by atoms with Crippen molar-refractivity contribution in [3.8, 4) is 0 Å². The van der Waals surface area contributed by atoms with Crippen LogP contribution in [0.1, 0.15) is 6.42 Å². The van der Waals surface area contributed by atoms with E-state index in [0.717, 1.165) is 45.0 Å². The van der Waals surface area contributed by atoms with E-state index < -0.39 is 0 Å². The minimum atomic E-state index is -0.249. The maximum absolute atomic E-state index is 12.2. The van der Waals surface area contributed by atoms with Crippen molar-refractivity contribution in [2.75, 3.05) is 76.7 Å². The molecule has 0 unspecified atom stereocenters. The van der Waals surface area contributed by atoms with Crippen molar-refractivity contribution in [2.24, 2.45) is 0 Å². The molecule has 0 saturated carbocycles. The van der Waals surface area contributed by atoms with E-state index >= 15 is 0 Å². The number of carbonyl (C=O) groups excluding carboxylic acids is 2. The molecule has 7 heteroatoms. The second-order valence-corrected chi connectivity index (χ2v) is 7.25. The topological polar surface area (TPSA) is 59.1 Å². The van der Waals surface area contributed by atoms with Gasteiger partial charge in [-0.3, -0.25) is 9.59 Å². The molecule has 26 heavy (non-hydrogen) atoms. The Balaban J connectivity index is 1.47. The van der Waals surface area contributed by atoms with E-state index in [4.69, 9.17) is 0 Å². The quantitative estimate of drug-likeness (QED) is 0.796. The molecule has 2 saturated heterocycles. The van der Waals surface area contributed by atoms with Gasteiger partial charge in [-0.1, -0.05) is 0 Å². The van der Waals surface area contributed by atoms with Crippen molar-refractivity contribution >= 4 is 23.2 Å². The van der Waals surface area contributed by atoms with Gasteiger partial charge in [-0.25, -0.2) is 0 Å². The van der Waals surface area contributed by atoms with Gasteiger partial charge in [0, 0.05) is 63.7 Å². The number of rotatable bonds is 4. The number of nitrogens with one attached hydrogen (secondary N) is 1. The molecule has 3 rings (SSSR count). The van der Waals surface area contributed by atoms with Crippen molar-refractivity contribution < 1.29 is 9.59 Å². The SMILES string of the molecule is CN1CCN(C(=O)CC(=O)Nc2ccc(N3CCN(C)CC3)cc2)CC1. The first kappa shape index (κ1) is 18.7. The summed E-state index contributed by atoms with van der Waals surface area (Å²) in [4.78, 5) is 33.0. The van der Waals surface area contributed by atoms with Gasteiger partial charge in [-0.15, -0.1) is 0 Å². The highest BCUT2D eigenvalue weighted by molar-refractivity contribution is 6.03. The Morgan fingerprint density at radius 2 is 1.38 bits per heavy atom. The van der Waals surface area contributed by atoms with Crippen LogP contribution < -0.4 is 10.2 Å². The van der Waals surface area contributed by atoms with Gasteiger partial charge in [0.25, 0.3) is 0 Å². The lowest BCUT2D eigenvalue weighted by Gasteiger charge is -2.34. The second kappa shape index (κ2) is 8.51. The van der Waals surface area contributed by atoms with E-state index in [9.17, 15) is 9.59 Å². The Labute approximate surface area is 155 Å². The zero-order valence-corrected chi connectivity index (χ0v) is 15.8. The number of carbonyl (C=O) groups is 2. The highest BCUT2D eigenvalue weighted by Gasteiger charge is 2.21. The molecule has 0 aromatic heterocycles. The van der Waals surface area contributed by atoms with Crippen LogP contribution in [0.15, 0.2) is 24.3 Å². The zero-order chi connectivity index (χ0) is 18.5. The molecule has 142 valence electrons. The van der Waals surface area contributed by atoms with E-state index in [-0.39, 0.29) is 18.2 Å². The van der Waals surface area contributed by atoms with Gasteiger partial charge >= 0.3 is 0 Å². The number of hydrogen-bond acceptors (Lipinski definition) is 5. The van der Waals surface area contributed by atoms with Gasteiger partial charge in [0.05, 0.1) is 0 Å². The molecule has 1 N–H and O–H groups in total. The number of piperazine rings is 2. The van der Waals surface area contributed by atoms with Crippen LogP contribution in [0.3, 0.4) is 0 Å². The maximum atomic E-state index is 12.2. The normalized spacial score (nSPS) is 19.5. The summed E-state index contributed by atoms with van der Waals surface area (Å²) >= 11 is 0. The fraction of sp³-hybridized carbons (Fsp3) is 0.579. The molecule has 0 radical (unpaired) electrons. The Bertz CT molecular complexity index is 617. The Hall–Kier alpha value is -2.12. The molecule has 2 aliphatic heterocycles. The van der Waals surface area contributed by atoms with Crippen LogP contribution in [0.2, 0.25) is 0 Å². The molecular formula is C19H29N5O2. The second-order valence-electron chi connectivity index (χ2n) is 7.25. The minimum absolute atomic E-state index is 0.0929. The molecular weight excluding hydrogens is 330 g/mol. The maximum Gasteiger partial charge on any atom is 0.233 e. The van der Waals surface area contributed by atoms with Gasteiger partial charge < -0.3 is 24.9 Å². The summed E-state index contributed by atoms with van der Waals surface area (Å²) in [5, 5.41) is 2.83. The highest BCUT2D eigenvalue weighted by atomic mass is 16.2. The highest BCUT2D eigenvalue weighted by Crippen LogP contribution is 2.19. The fourth-order valence-electron chi connectivity index (χ4n) is 3.33. The summed E-state index contributed by atoms with van der Waals surface area (Å²) in [5.41, 5.74) is 1.91. The van der Waals surface area contributed by atoms with E-state index in [1.165, 1.54) is 5.69 Å². The minimum Gasteiger partial charge on any atom is -0.369 e. The first-order chi connectivity index (χ1) is 12.5. The summed E-state index contributed by atoms with van der Waals surface area (Å²) in [5.74, 6) is -0.342. The molecule has 2 heterocycles. The van der Waals surface area contributed by atoms with Crippen LogP contribution in [0.4, 0.5) is 11.4 Å². The molecule has 1 aromatic rings. The number of amides is 2. The monoisotopic (exact) mass is 359 g/mol. The van der Waals surface area contributed by atoms with Crippen LogP contribution in [0.25, 0.3) is 0 Å². The molecule has 0 atom stereocenters. The first-order valence-corrected chi connectivity index (χ1v) is 9.31. The molecule has 0 aliphatic carbocycles. The summed E-state index contributed by atoms with van der Waals surface area (Å²) in [6.45, 7) is 7.27. The number of benzene rings is 1. The Kier molecular flexibility index (Phi) is 6.11. The van der Waals surface area contributed by atoms with Crippen molar-refractivity contribution in [3.05, 3.63) is 24.3 Å². The third kappa shape index (κ3) is 4.95. The predicted octanol–water partition coefficient (Wildman–Crippen LogP) is 0.541. The third-order valence-corrected chi connectivity index (χ3v) is 5.19. The number of hydrogen-bond donors (Lipinski definition) is 1. The predicted molar refractivity (Wildman–Crippen MR) is 103 cm³/mol. The fourth-order valence-corrected chi connectivity index (χ4v) is 3.33. The van der Waals surface area contributed by atoms with Gasteiger partial charge in [0.1, 0.15) is 6.42 Å². The van der Waals surface area contributed by atoms with Gasteiger partial charge in [0.15, 0.2) is 0 Å². The van der Waals surface area contributed by atoms with E-state index in [1.807, 2.05) is 31.3 Å². The van der Waals surface area contributed by atoms with Crippen LogP contribution in [0, 0.1) is 0 Å². The third-order valence-electron chi connectivity index (χ3n) is 5.19. The van der Waals surface area contributed by atoms with Crippen molar-refractivity contribution in [1.29, 1.82) is 0 Å². The van der Waals surface area contributed by atoms with E-state index in [0.29, 0.717) is 13.1 Å². The first-order valence-electron chi connectivity index (χ1n) is 9.31. The summed E-state index contributed by atoms with van der Waals surface area (Å²) in [6, 6.07) is 7.88. The number of anilines is 2. The Morgan fingerprint density at radius 3 is 1.96 bits per heavy atom. The van der Waals surface area contributed by atoms with Crippen LogP contribution >= 0.6 is 0 Å². The standard InChI is InChI=1S/C19H29N5O2/c1-21-7-11-23(12-8-21)17-5-3-16(4-6-17)20-18(25)15-19(26)24-13-9-22(2)10-14-24/h3-6H,7-15H2,1-2H3,(H,20,25). The molecule has 0 bridgehead atoms. The Morgan fingerprint density at radius 1 is 0.846 bits per heavy atom. The average molecular weight is 359 g/mol. The molecule has 2 amide bonds. The largest absolute Gasteiger partial charge is 0.369 e. The lowest BCUT2D eigenvalue weighted by atomic mass is 10.2. The summed E-state index contributed by atoms with van der Waals surface area (Å²) in [6.07, 6.45) is -0.0933. The van der Waals surface area contributed by atoms with E-state index in [2.05, 4.69) is 27.1 Å². The molecule has 2 fully saturated rings. The number of likely N-dealkylation sites (N-methyl/N-ethyl adjacent to an activating group) is 2. The van der Waals surface area contributed by atoms with Gasteiger partial charge in [-0.2, -0.15) is 0 Å². The lowest BCUT2D eigenvalue weighted by Crippen LogP contribution is -2.47. The van der Waals surface area contributed by atoms with Crippen LogP contribution in [-0.4, -0.2) is 93.0 Å². The molecule has 0 spiro atoms. The van der Waals surface area contributed by atoms with Crippen LogP contribution in [-0.2, 0) is 9.59 Å². The smallest absolute Gasteiger partial charge is 0.233 e.